The summed E-state index contributed by atoms with van der Waals surface area (Å²) >= 11 is 0. The Morgan fingerprint density at radius 2 is 1.41 bits per heavy atom. The molecule has 0 spiro atoms. The minimum atomic E-state index is 0.858. The Hall–Kier alpha value is -3.72. The van der Waals surface area contributed by atoms with Crippen molar-refractivity contribution in [1.82, 2.24) is 4.57 Å². The van der Waals surface area contributed by atoms with Gasteiger partial charge in [0.15, 0.2) is 11.5 Å². The Morgan fingerprint density at radius 3 is 2.33 bits per heavy atom. The molecule has 0 saturated carbocycles. The summed E-state index contributed by atoms with van der Waals surface area (Å²) in [5.41, 5.74) is 5.52. The number of anilines is 2. The number of hydrogen-bond acceptors (Lipinski definition) is 2. The molecule has 0 radical (unpaired) electrons. The molecule has 0 aliphatic carbocycles. The fraction of sp³-hybridized carbons (Fsp3) is 0. The van der Waals surface area contributed by atoms with Crippen LogP contribution in [0.4, 0.5) is 11.4 Å². The van der Waals surface area contributed by atoms with Crippen LogP contribution in [0.1, 0.15) is 0 Å². The normalized spacial score (nSPS) is 12.3. The number of fused-ring (bicyclic) bond motifs is 6. The molecule has 1 N–H and O–H groups in total. The molecule has 4 aromatic carbocycles. The molecule has 0 bridgehead atoms. The third-order valence-electron chi connectivity index (χ3n) is 5.18. The molecular formula is C24H16N2O. The lowest BCUT2D eigenvalue weighted by Gasteiger charge is -2.22. The van der Waals surface area contributed by atoms with E-state index in [1.54, 1.807) is 0 Å². The van der Waals surface area contributed by atoms with Gasteiger partial charge in [-0.05, 0) is 42.5 Å². The van der Waals surface area contributed by atoms with E-state index in [1.165, 1.54) is 16.3 Å². The van der Waals surface area contributed by atoms with Crippen molar-refractivity contribution in [3.8, 4) is 17.2 Å². The van der Waals surface area contributed by atoms with E-state index in [4.69, 9.17) is 4.74 Å². The first kappa shape index (κ1) is 14.4. The van der Waals surface area contributed by atoms with Gasteiger partial charge in [-0.15, -0.1) is 0 Å². The third-order valence-corrected chi connectivity index (χ3v) is 5.18. The number of nitrogens with one attached hydrogen (secondary N) is 1. The molecule has 1 aliphatic heterocycles. The zero-order chi connectivity index (χ0) is 17.8. The molecule has 27 heavy (non-hydrogen) atoms. The van der Waals surface area contributed by atoms with E-state index in [9.17, 15) is 0 Å². The number of hydrogen-bond donors (Lipinski definition) is 1. The van der Waals surface area contributed by atoms with Crippen molar-refractivity contribution in [2.75, 3.05) is 5.32 Å². The predicted molar refractivity (Wildman–Crippen MR) is 111 cm³/mol. The van der Waals surface area contributed by atoms with E-state index < -0.39 is 0 Å². The van der Waals surface area contributed by atoms with Gasteiger partial charge in [0.1, 0.15) is 0 Å². The van der Waals surface area contributed by atoms with Gasteiger partial charge in [-0.25, -0.2) is 0 Å². The number of rotatable bonds is 1. The van der Waals surface area contributed by atoms with Gasteiger partial charge < -0.3 is 14.6 Å². The largest absolute Gasteiger partial charge is 0.453 e. The van der Waals surface area contributed by atoms with Crippen LogP contribution in [0.5, 0.6) is 11.5 Å². The summed E-state index contributed by atoms with van der Waals surface area (Å²) in [6.45, 7) is 0. The quantitative estimate of drug-likeness (QED) is 0.361. The van der Waals surface area contributed by atoms with E-state index in [2.05, 4.69) is 70.5 Å². The maximum Gasteiger partial charge on any atom is 0.151 e. The van der Waals surface area contributed by atoms with Gasteiger partial charge in [0.2, 0.25) is 0 Å². The van der Waals surface area contributed by atoms with Gasteiger partial charge in [0.05, 0.1) is 22.4 Å². The number of aromatic nitrogens is 1. The summed E-state index contributed by atoms with van der Waals surface area (Å²) in [5, 5.41) is 6.00. The Kier molecular flexibility index (Phi) is 2.88. The molecule has 0 atom stereocenters. The van der Waals surface area contributed by atoms with Crippen LogP contribution in [0.3, 0.4) is 0 Å². The van der Waals surface area contributed by atoms with Gasteiger partial charge >= 0.3 is 0 Å². The predicted octanol–water partition coefficient (Wildman–Crippen LogP) is 6.63. The van der Waals surface area contributed by atoms with Crippen LogP contribution >= 0.6 is 0 Å². The molecule has 128 valence electrons. The Morgan fingerprint density at radius 1 is 0.630 bits per heavy atom. The van der Waals surface area contributed by atoms with E-state index in [0.717, 1.165) is 34.1 Å². The highest BCUT2D eigenvalue weighted by Gasteiger charge is 2.22. The topological polar surface area (TPSA) is 26.2 Å². The Labute approximate surface area is 156 Å². The molecule has 0 saturated heterocycles. The summed E-state index contributed by atoms with van der Waals surface area (Å²) in [6.07, 6.45) is 0. The summed E-state index contributed by atoms with van der Waals surface area (Å²) in [5.74, 6) is 1.72. The molecule has 5 aromatic rings. The molecule has 3 heteroatoms. The first-order valence-corrected chi connectivity index (χ1v) is 9.06. The second-order valence-corrected chi connectivity index (χ2v) is 6.74. The fourth-order valence-electron chi connectivity index (χ4n) is 4.02. The summed E-state index contributed by atoms with van der Waals surface area (Å²) in [6, 6.07) is 31.3. The lowest BCUT2D eigenvalue weighted by atomic mass is 10.1. The third kappa shape index (κ3) is 2.02. The summed E-state index contributed by atoms with van der Waals surface area (Å²) < 4.78 is 8.49. The zero-order valence-electron chi connectivity index (χ0n) is 14.5. The van der Waals surface area contributed by atoms with Crippen molar-refractivity contribution >= 4 is 33.2 Å². The SMILES string of the molecule is c1ccc(-n2c3ccccc3c3c4c(ccc32)Oc2ccccc2N4)cc1. The van der Waals surface area contributed by atoms with Crippen LogP contribution in [0.25, 0.3) is 27.5 Å². The lowest BCUT2D eigenvalue weighted by molar-refractivity contribution is 0.482. The fourth-order valence-corrected chi connectivity index (χ4v) is 4.02. The molecule has 3 nitrogen and oxygen atoms in total. The van der Waals surface area contributed by atoms with Crippen molar-refractivity contribution in [2.45, 2.75) is 0 Å². The summed E-state index contributed by atoms with van der Waals surface area (Å²) in [4.78, 5) is 0. The number of benzene rings is 4. The van der Waals surface area contributed by atoms with Crippen LogP contribution in [0.15, 0.2) is 91.0 Å². The van der Waals surface area contributed by atoms with Crippen molar-refractivity contribution < 1.29 is 4.74 Å². The maximum absolute atomic E-state index is 6.18. The highest BCUT2D eigenvalue weighted by molar-refractivity contribution is 6.17. The Bertz CT molecular complexity index is 1320. The monoisotopic (exact) mass is 348 g/mol. The Balaban J connectivity index is 1.72. The van der Waals surface area contributed by atoms with E-state index in [-0.39, 0.29) is 0 Å². The maximum atomic E-state index is 6.18. The minimum Gasteiger partial charge on any atom is -0.453 e. The molecular weight excluding hydrogens is 332 g/mol. The van der Waals surface area contributed by atoms with Crippen molar-refractivity contribution in [2.24, 2.45) is 0 Å². The van der Waals surface area contributed by atoms with E-state index in [1.807, 2.05) is 30.3 Å². The molecule has 6 rings (SSSR count). The van der Waals surface area contributed by atoms with Crippen LogP contribution in [0.2, 0.25) is 0 Å². The first-order chi connectivity index (χ1) is 13.4. The van der Waals surface area contributed by atoms with Crippen molar-refractivity contribution in [3.05, 3.63) is 91.0 Å². The van der Waals surface area contributed by atoms with Crippen molar-refractivity contribution in [1.29, 1.82) is 0 Å². The van der Waals surface area contributed by atoms with Gasteiger partial charge in [0.25, 0.3) is 0 Å². The average Bonchev–Trinajstić information content (AvgIpc) is 3.08. The zero-order valence-corrected chi connectivity index (χ0v) is 14.5. The minimum absolute atomic E-state index is 0.858. The van der Waals surface area contributed by atoms with Gasteiger partial charge in [0, 0.05) is 16.5 Å². The molecule has 2 heterocycles. The van der Waals surface area contributed by atoms with Gasteiger partial charge in [-0.1, -0.05) is 48.5 Å². The molecule has 1 aliphatic rings. The summed E-state index contributed by atoms with van der Waals surface area (Å²) in [7, 11) is 0. The molecule has 1 aromatic heterocycles. The number of ether oxygens (including phenoxy) is 1. The van der Waals surface area contributed by atoms with Gasteiger partial charge in [-0.2, -0.15) is 0 Å². The van der Waals surface area contributed by atoms with E-state index in [0.29, 0.717) is 0 Å². The molecule has 0 unspecified atom stereocenters. The lowest BCUT2D eigenvalue weighted by Crippen LogP contribution is -2.03. The smallest absolute Gasteiger partial charge is 0.151 e. The van der Waals surface area contributed by atoms with Crippen LogP contribution in [0, 0.1) is 0 Å². The standard InChI is InChI=1S/C24H16N2O/c1-2-8-16(9-3-1)26-19-12-6-4-10-17(19)23-20(26)14-15-22-24(23)25-18-11-5-7-13-21(18)27-22/h1-15,25H. The van der Waals surface area contributed by atoms with E-state index >= 15 is 0 Å². The number of para-hydroxylation sites is 4. The van der Waals surface area contributed by atoms with Crippen molar-refractivity contribution in [3.63, 3.8) is 0 Å². The number of nitrogens with zero attached hydrogens (tertiary/aromatic N) is 1. The molecule has 0 amide bonds. The highest BCUT2D eigenvalue weighted by Crippen LogP contribution is 2.48. The second kappa shape index (κ2) is 5.39. The first-order valence-electron chi connectivity index (χ1n) is 9.06. The second-order valence-electron chi connectivity index (χ2n) is 6.74. The van der Waals surface area contributed by atoms with Crippen LogP contribution in [-0.4, -0.2) is 4.57 Å². The van der Waals surface area contributed by atoms with Gasteiger partial charge in [-0.3, -0.25) is 0 Å². The average molecular weight is 348 g/mol. The van der Waals surface area contributed by atoms with Crippen LogP contribution in [-0.2, 0) is 0 Å². The van der Waals surface area contributed by atoms with Crippen LogP contribution < -0.4 is 10.1 Å². The molecule has 0 fully saturated rings. The highest BCUT2D eigenvalue weighted by atomic mass is 16.5.